The molecule has 2 aliphatic heterocycles. The molecule has 1 aromatic carbocycles. The van der Waals surface area contributed by atoms with Crippen LogP contribution in [0.2, 0.25) is 0 Å². The predicted molar refractivity (Wildman–Crippen MR) is 120 cm³/mol. The number of hydrogen-bond acceptors (Lipinski definition) is 5. The Morgan fingerprint density at radius 2 is 2.35 bits per heavy atom. The highest BCUT2D eigenvalue weighted by molar-refractivity contribution is 14.0. The lowest BCUT2D eigenvalue weighted by molar-refractivity contribution is 0.0724. The third-order valence-corrected chi connectivity index (χ3v) is 6.07. The van der Waals surface area contributed by atoms with Crippen LogP contribution in [0.1, 0.15) is 12.8 Å². The number of guanidine groups is 1. The van der Waals surface area contributed by atoms with Crippen LogP contribution >= 0.6 is 35.7 Å². The van der Waals surface area contributed by atoms with E-state index in [-0.39, 0.29) is 24.0 Å². The first-order chi connectivity index (χ1) is 12.1. The van der Waals surface area contributed by atoms with E-state index in [1.807, 2.05) is 12.1 Å². The molecule has 26 heavy (non-hydrogen) atoms. The van der Waals surface area contributed by atoms with Gasteiger partial charge in [-0.2, -0.15) is 11.8 Å². The molecule has 8 heteroatoms. The van der Waals surface area contributed by atoms with Crippen molar-refractivity contribution in [3.8, 4) is 5.75 Å². The van der Waals surface area contributed by atoms with Crippen LogP contribution in [-0.2, 0) is 0 Å². The highest BCUT2D eigenvalue weighted by atomic mass is 127. The van der Waals surface area contributed by atoms with Crippen molar-refractivity contribution in [3.63, 3.8) is 0 Å². The van der Waals surface area contributed by atoms with Crippen LogP contribution in [0.25, 0.3) is 0 Å². The molecule has 2 unspecified atom stereocenters. The van der Waals surface area contributed by atoms with Crippen LogP contribution in [0.5, 0.6) is 5.75 Å². The molecule has 0 saturated carbocycles. The van der Waals surface area contributed by atoms with E-state index >= 15 is 0 Å². The van der Waals surface area contributed by atoms with E-state index in [1.54, 1.807) is 25.9 Å². The fraction of sp³-hybridized carbons (Fsp3) is 0.611. The zero-order chi connectivity index (χ0) is 17.7. The Balaban J connectivity index is 0.00000243. The van der Waals surface area contributed by atoms with Gasteiger partial charge in [0, 0.05) is 50.2 Å². The van der Waals surface area contributed by atoms with Crippen LogP contribution in [-0.4, -0.2) is 68.0 Å². The highest BCUT2D eigenvalue weighted by Gasteiger charge is 2.32. The number of aliphatic hydroxyl groups is 1. The van der Waals surface area contributed by atoms with Crippen LogP contribution in [0, 0.1) is 0 Å². The van der Waals surface area contributed by atoms with Crippen molar-refractivity contribution in [2.24, 2.45) is 4.99 Å². The summed E-state index contributed by atoms with van der Waals surface area (Å²) >= 11 is 1.81. The molecular weight excluding hydrogens is 463 g/mol. The minimum Gasteiger partial charge on any atom is -0.497 e. The number of nitrogens with one attached hydrogen (secondary N) is 2. The van der Waals surface area contributed by atoms with E-state index in [2.05, 4.69) is 32.7 Å². The summed E-state index contributed by atoms with van der Waals surface area (Å²) in [4.78, 5) is 6.66. The van der Waals surface area contributed by atoms with E-state index in [0.717, 1.165) is 49.1 Å². The average Bonchev–Trinajstić information content (AvgIpc) is 3.28. The second kappa shape index (κ2) is 9.89. The minimum absolute atomic E-state index is 0. The zero-order valence-corrected chi connectivity index (χ0v) is 18.5. The summed E-state index contributed by atoms with van der Waals surface area (Å²) in [6.45, 7) is 2.47. The Kier molecular flexibility index (Phi) is 8.15. The van der Waals surface area contributed by atoms with Gasteiger partial charge in [0.1, 0.15) is 5.75 Å². The second-order valence-electron chi connectivity index (χ2n) is 6.73. The summed E-state index contributed by atoms with van der Waals surface area (Å²) in [6, 6.07) is 8.52. The maximum Gasteiger partial charge on any atom is 0.191 e. The van der Waals surface area contributed by atoms with Crippen molar-refractivity contribution in [2.45, 2.75) is 24.5 Å². The Bertz CT molecular complexity index is 611. The molecule has 2 saturated heterocycles. The largest absolute Gasteiger partial charge is 0.497 e. The number of halogens is 1. The summed E-state index contributed by atoms with van der Waals surface area (Å²) in [7, 11) is 3.47. The van der Waals surface area contributed by atoms with Gasteiger partial charge in [-0.1, -0.05) is 6.07 Å². The molecule has 2 atom stereocenters. The maximum atomic E-state index is 10.5. The molecule has 6 nitrogen and oxygen atoms in total. The molecule has 2 aliphatic rings. The van der Waals surface area contributed by atoms with Crippen molar-refractivity contribution >= 4 is 47.4 Å². The molecule has 1 aromatic rings. The Hall–Kier alpha value is -0.870. The number of benzene rings is 1. The van der Waals surface area contributed by atoms with Crippen molar-refractivity contribution in [1.29, 1.82) is 0 Å². The van der Waals surface area contributed by atoms with Gasteiger partial charge in [-0.15, -0.1) is 24.0 Å². The molecule has 0 aromatic heterocycles. The van der Waals surface area contributed by atoms with Gasteiger partial charge < -0.3 is 25.4 Å². The molecule has 0 radical (unpaired) electrons. The van der Waals surface area contributed by atoms with Gasteiger partial charge >= 0.3 is 0 Å². The number of aliphatic imine (C=N–C) groups is 1. The molecule has 3 N–H and O–H groups in total. The lowest BCUT2D eigenvalue weighted by atomic mass is 10.0. The molecule has 2 fully saturated rings. The number of methoxy groups -OCH3 is 1. The van der Waals surface area contributed by atoms with Gasteiger partial charge in [-0.05, 0) is 30.7 Å². The Morgan fingerprint density at radius 1 is 1.50 bits per heavy atom. The second-order valence-corrected chi connectivity index (χ2v) is 7.84. The van der Waals surface area contributed by atoms with Crippen LogP contribution in [0.4, 0.5) is 5.69 Å². The number of nitrogens with zero attached hydrogens (tertiary/aromatic N) is 2. The first kappa shape index (κ1) is 21.4. The van der Waals surface area contributed by atoms with Crippen molar-refractivity contribution in [3.05, 3.63) is 24.3 Å². The van der Waals surface area contributed by atoms with Crippen LogP contribution in [0.15, 0.2) is 29.3 Å². The van der Waals surface area contributed by atoms with Gasteiger partial charge in [0.25, 0.3) is 0 Å². The van der Waals surface area contributed by atoms with Crippen LogP contribution in [0.3, 0.4) is 0 Å². The topological polar surface area (TPSA) is 69.1 Å². The summed E-state index contributed by atoms with van der Waals surface area (Å²) in [5.41, 5.74) is 0.578. The van der Waals surface area contributed by atoms with E-state index in [9.17, 15) is 5.11 Å². The standard InChI is InChI=1S/C18H28N4O2S.HI/c1-19-17(20-12-18(23)7-9-25-13-18)21-14-6-8-22(11-14)15-4-3-5-16(10-15)24-2;/h3-5,10,14,23H,6-9,11-13H2,1-2H3,(H2,19,20,21);1H. The van der Waals surface area contributed by atoms with Crippen molar-refractivity contribution < 1.29 is 9.84 Å². The van der Waals surface area contributed by atoms with Gasteiger partial charge in [-0.3, -0.25) is 4.99 Å². The summed E-state index contributed by atoms with van der Waals surface area (Å²) in [5, 5.41) is 17.2. The monoisotopic (exact) mass is 492 g/mol. The predicted octanol–water partition coefficient (Wildman–Crippen LogP) is 1.92. The average molecular weight is 492 g/mol. The number of hydrogen-bond donors (Lipinski definition) is 3. The third kappa shape index (κ3) is 5.56. The number of thioether (sulfide) groups is 1. The molecule has 0 aliphatic carbocycles. The first-order valence-electron chi connectivity index (χ1n) is 8.78. The van der Waals surface area contributed by atoms with E-state index in [4.69, 9.17) is 4.74 Å². The SMILES string of the molecule is CN=C(NCC1(O)CCSC1)NC1CCN(c2cccc(OC)c2)C1.I. The van der Waals surface area contributed by atoms with Gasteiger partial charge in [-0.25, -0.2) is 0 Å². The first-order valence-corrected chi connectivity index (χ1v) is 9.94. The molecule has 3 rings (SSSR count). The van der Waals surface area contributed by atoms with Gasteiger partial charge in [0.2, 0.25) is 0 Å². The van der Waals surface area contributed by atoms with Gasteiger partial charge in [0.15, 0.2) is 5.96 Å². The minimum atomic E-state index is -0.607. The summed E-state index contributed by atoms with van der Waals surface area (Å²) < 4.78 is 5.32. The lowest BCUT2D eigenvalue weighted by Gasteiger charge is -2.25. The molecule has 146 valence electrons. The fourth-order valence-corrected chi connectivity index (χ4v) is 4.59. The number of rotatable bonds is 5. The number of ether oxygens (including phenoxy) is 1. The molecule has 0 spiro atoms. The Morgan fingerprint density at radius 3 is 3.04 bits per heavy atom. The van der Waals surface area contributed by atoms with E-state index in [0.29, 0.717) is 12.6 Å². The van der Waals surface area contributed by atoms with Gasteiger partial charge in [0.05, 0.1) is 12.7 Å². The van der Waals surface area contributed by atoms with Crippen molar-refractivity contribution in [2.75, 3.05) is 50.2 Å². The molecule has 0 amide bonds. The Labute approximate surface area is 177 Å². The molecular formula is C18H29IN4O2S. The van der Waals surface area contributed by atoms with E-state index in [1.165, 1.54) is 5.69 Å². The third-order valence-electron chi connectivity index (χ3n) is 4.84. The lowest BCUT2D eigenvalue weighted by Crippen LogP contribution is -2.50. The maximum absolute atomic E-state index is 10.5. The summed E-state index contributed by atoms with van der Waals surface area (Å²) in [6.07, 6.45) is 1.90. The highest BCUT2D eigenvalue weighted by Crippen LogP contribution is 2.27. The zero-order valence-electron chi connectivity index (χ0n) is 15.4. The van der Waals surface area contributed by atoms with E-state index < -0.39 is 5.60 Å². The van der Waals surface area contributed by atoms with Crippen LogP contribution < -0.4 is 20.3 Å². The van der Waals surface area contributed by atoms with Crippen molar-refractivity contribution in [1.82, 2.24) is 10.6 Å². The summed E-state index contributed by atoms with van der Waals surface area (Å²) in [5.74, 6) is 3.48. The molecule has 0 bridgehead atoms. The quantitative estimate of drug-likeness (QED) is 0.332. The fourth-order valence-electron chi connectivity index (χ4n) is 3.29. The normalized spacial score (nSPS) is 25.7. The molecule has 2 heterocycles. The number of anilines is 1. The smallest absolute Gasteiger partial charge is 0.191 e.